The number of anilines is 2. The van der Waals surface area contributed by atoms with Gasteiger partial charge in [0.25, 0.3) is 0 Å². The maximum Gasteiger partial charge on any atom is 0.326 e. The lowest BCUT2D eigenvalue weighted by atomic mass is 10.1. The number of hydrogen-bond donors (Lipinski definition) is 4. The third-order valence-corrected chi connectivity index (χ3v) is 4.09. The number of carbonyl (C=O) groups excluding carboxylic acids is 1. The summed E-state index contributed by atoms with van der Waals surface area (Å²) >= 11 is 11.6. The van der Waals surface area contributed by atoms with E-state index < -0.39 is 24.0 Å². The van der Waals surface area contributed by atoms with E-state index in [0.717, 1.165) is 11.3 Å². The number of benzene rings is 1. The van der Waals surface area contributed by atoms with E-state index >= 15 is 0 Å². The summed E-state index contributed by atoms with van der Waals surface area (Å²) in [6.45, 7) is 3.14. The highest BCUT2D eigenvalue weighted by Gasteiger charge is 2.21. The van der Waals surface area contributed by atoms with Crippen LogP contribution in [-0.2, 0) is 9.59 Å². The first-order valence-corrected chi connectivity index (χ1v) is 9.35. The van der Waals surface area contributed by atoms with Crippen molar-refractivity contribution < 1.29 is 24.6 Å². The number of alkyl halides is 2. The van der Waals surface area contributed by atoms with Crippen molar-refractivity contribution in [2.45, 2.75) is 25.8 Å². The molecule has 1 rings (SSSR count). The monoisotopic (exact) mass is 419 g/mol. The molecule has 0 aliphatic heterocycles. The lowest BCUT2D eigenvalue weighted by Crippen LogP contribution is -2.43. The van der Waals surface area contributed by atoms with Gasteiger partial charge < -0.3 is 25.7 Å². The Labute approximate surface area is 167 Å². The van der Waals surface area contributed by atoms with Crippen LogP contribution in [0.4, 0.5) is 16.2 Å². The van der Waals surface area contributed by atoms with E-state index in [1.54, 1.807) is 12.1 Å². The van der Waals surface area contributed by atoms with Crippen LogP contribution in [0.5, 0.6) is 0 Å². The number of carboxylic acids is 2. The van der Waals surface area contributed by atoms with Crippen LogP contribution in [-0.4, -0.2) is 59.1 Å². The summed E-state index contributed by atoms with van der Waals surface area (Å²) in [6.07, 6.45) is -0.566. The van der Waals surface area contributed by atoms with Crippen LogP contribution >= 0.6 is 23.2 Å². The Bertz CT molecular complexity index is 666. The zero-order valence-corrected chi connectivity index (χ0v) is 16.4. The average Bonchev–Trinajstić information content (AvgIpc) is 2.58. The van der Waals surface area contributed by atoms with E-state index in [1.165, 1.54) is 0 Å². The average molecular weight is 420 g/mol. The molecule has 0 aromatic heterocycles. The molecule has 0 spiro atoms. The van der Waals surface area contributed by atoms with Crippen LogP contribution in [0.3, 0.4) is 0 Å². The second-order valence-corrected chi connectivity index (χ2v) is 6.54. The van der Waals surface area contributed by atoms with Crippen LogP contribution in [0.1, 0.15) is 18.4 Å². The maximum absolute atomic E-state index is 12.0. The van der Waals surface area contributed by atoms with Gasteiger partial charge in [0.1, 0.15) is 6.04 Å². The number of urea groups is 1. The lowest BCUT2D eigenvalue weighted by molar-refractivity contribution is -0.140. The van der Waals surface area contributed by atoms with Gasteiger partial charge in [-0.05, 0) is 37.1 Å². The Hall–Kier alpha value is -2.19. The first-order chi connectivity index (χ1) is 12.8. The van der Waals surface area contributed by atoms with E-state index in [4.69, 9.17) is 33.4 Å². The molecule has 27 heavy (non-hydrogen) atoms. The van der Waals surface area contributed by atoms with Crippen molar-refractivity contribution in [2.75, 3.05) is 35.1 Å². The molecule has 0 fully saturated rings. The smallest absolute Gasteiger partial charge is 0.326 e. The molecule has 0 radical (unpaired) electrons. The number of carbonyl (C=O) groups is 3. The molecule has 0 aliphatic rings. The second kappa shape index (κ2) is 11.5. The van der Waals surface area contributed by atoms with E-state index in [9.17, 15) is 14.4 Å². The van der Waals surface area contributed by atoms with Gasteiger partial charge in [-0.3, -0.25) is 4.79 Å². The predicted molar refractivity (Wildman–Crippen MR) is 105 cm³/mol. The molecule has 4 N–H and O–H groups in total. The highest BCUT2D eigenvalue weighted by atomic mass is 35.5. The van der Waals surface area contributed by atoms with Crippen molar-refractivity contribution >= 4 is 52.5 Å². The van der Waals surface area contributed by atoms with Crippen LogP contribution < -0.4 is 15.5 Å². The molecule has 0 bridgehead atoms. The molecule has 0 saturated carbocycles. The largest absolute Gasteiger partial charge is 0.481 e. The number of rotatable bonds is 11. The Kier molecular flexibility index (Phi) is 9.74. The minimum atomic E-state index is -1.30. The number of nitrogens with zero attached hydrogens (tertiary/aromatic N) is 1. The minimum Gasteiger partial charge on any atom is -0.481 e. The van der Waals surface area contributed by atoms with Gasteiger partial charge in [-0.15, -0.1) is 23.2 Å². The molecule has 10 heteroatoms. The SMILES string of the molecule is Cc1cc(NC(=O)N[C@@H](CCC(=O)O)C(=O)O)ccc1N(CCCl)CCCl. The fourth-order valence-electron chi connectivity index (χ4n) is 2.50. The summed E-state index contributed by atoms with van der Waals surface area (Å²) in [6, 6.07) is 3.24. The van der Waals surface area contributed by atoms with E-state index in [2.05, 4.69) is 10.6 Å². The molecule has 0 saturated heterocycles. The van der Waals surface area contributed by atoms with Crippen LogP contribution in [0.15, 0.2) is 18.2 Å². The number of amides is 2. The fourth-order valence-corrected chi connectivity index (χ4v) is 2.90. The Morgan fingerprint density at radius 1 is 1.15 bits per heavy atom. The molecular weight excluding hydrogens is 397 g/mol. The molecule has 0 unspecified atom stereocenters. The van der Waals surface area contributed by atoms with Crippen LogP contribution in [0.25, 0.3) is 0 Å². The van der Waals surface area contributed by atoms with Crippen LogP contribution in [0.2, 0.25) is 0 Å². The van der Waals surface area contributed by atoms with Crippen molar-refractivity contribution in [1.29, 1.82) is 0 Å². The number of aryl methyl sites for hydroxylation is 1. The van der Waals surface area contributed by atoms with Gasteiger partial charge in [0.15, 0.2) is 0 Å². The van der Waals surface area contributed by atoms with Crippen molar-refractivity contribution in [2.24, 2.45) is 0 Å². The molecule has 1 aromatic rings. The molecule has 0 heterocycles. The summed E-state index contributed by atoms with van der Waals surface area (Å²) in [7, 11) is 0. The van der Waals surface area contributed by atoms with E-state index in [1.807, 2.05) is 17.9 Å². The molecule has 1 aromatic carbocycles. The minimum absolute atomic E-state index is 0.206. The Morgan fingerprint density at radius 2 is 1.78 bits per heavy atom. The zero-order chi connectivity index (χ0) is 20.4. The third kappa shape index (κ3) is 7.92. The molecule has 1 atom stereocenters. The van der Waals surface area contributed by atoms with Crippen molar-refractivity contribution in [3.05, 3.63) is 23.8 Å². The highest BCUT2D eigenvalue weighted by Crippen LogP contribution is 2.24. The van der Waals surface area contributed by atoms with Gasteiger partial charge in [0, 0.05) is 42.6 Å². The standard InChI is InChI=1S/C17H23Cl2N3O5/c1-11-10-12(2-4-14(11)22(8-6-18)9-7-19)20-17(27)21-13(16(25)26)3-5-15(23)24/h2,4,10,13H,3,5-9H2,1H3,(H,23,24)(H,25,26)(H2,20,21,27)/t13-/m0/s1. The van der Waals surface area contributed by atoms with Gasteiger partial charge in [0.05, 0.1) is 0 Å². The highest BCUT2D eigenvalue weighted by molar-refractivity contribution is 6.18. The molecule has 8 nitrogen and oxygen atoms in total. The lowest BCUT2D eigenvalue weighted by Gasteiger charge is -2.25. The molecule has 2 amide bonds. The second-order valence-electron chi connectivity index (χ2n) is 5.79. The van der Waals surface area contributed by atoms with Gasteiger partial charge in [-0.25, -0.2) is 9.59 Å². The van der Waals surface area contributed by atoms with Gasteiger partial charge >= 0.3 is 18.0 Å². The topological polar surface area (TPSA) is 119 Å². The third-order valence-electron chi connectivity index (χ3n) is 3.75. The molecule has 0 aliphatic carbocycles. The summed E-state index contributed by atoms with van der Waals surface area (Å²) in [5, 5.41) is 22.5. The first-order valence-electron chi connectivity index (χ1n) is 8.28. The normalized spacial score (nSPS) is 11.5. The number of hydrogen-bond acceptors (Lipinski definition) is 4. The number of halogens is 2. The summed E-state index contributed by atoms with van der Waals surface area (Å²) in [4.78, 5) is 35.8. The number of nitrogens with one attached hydrogen (secondary N) is 2. The summed E-state index contributed by atoms with van der Waals surface area (Å²) < 4.78 is 0. The number of aliphatic carboxylic acids is 2. The van der Waals surface area contributed by atoms with Crippen LogP contribution in [0, 0.1) is 6.92 Å². The maximum atomic E-state index is 12.0. The predicted octanol–water partition coefficient (Wildman–Crippen LogP) is 2.72. The van der Waals surface area contributed by atoms with E-state index in [0.29, 0.717) is 30.5 Å². The first kappa shape index (κ1) is 22.9. The summed E-state index contributed by atoms with van der Waals surface area (Å²) in [5.41, 5.74) is 2.31. The van der Waals surface area contributed by atoms with Gasteiger partial charge in [-0.1, -0.05) is 0 Å². The molecular formula is C17H23Cl2N3O5. The molecule has 150 valence electrons. The van der Waals surface area contributed by atoms with Crippen molar-refractivity contribution in [3.8, 4) is 0 Å². The zero-order valence-electron chi connectivity index (χ0n) is 14.9. The van der Waals surface area contributed by atoms with Crippen molar-refractivity contribution in [1.82, 2.24) is 5.32 Å². The Morgan fingerprint density at radius 3 is 2.26 bits per heavy atom. The summed E-state index contributed by atoms with van der Waals surface area (Å²) in [5.74, 6) is -1.53. The fraction of sp³-hybridized carbons (Fsp3) is 0.471. The Balaban J connectivity index is 2.77. The van der Waals surface area contributed by atoms with Gasteiger partial charge in [-0.2, -0.15) is 0 Å². The van der Waals surface area contributed by atoms with Crippen molar-refractivity contribution in [3.63, 3.8) is 0 Å². The quantitative estimate of drug-likeness (QED) is 0.409. The van der Waals surface area contributed by atoms with E-state index in [-0.39, 0.29) is 12.8 Å². The number of carboxylic acid groups (broad SMARTS) is 2. The van der Waals surface area contributed by atoms with Gasteiger partial charge in [0.2, 0.25) is 0 Å².